The van der Waals surface area contributed by atoms with Gasteiger partial charge in [-0.05, 0) is 48.2 Å². The van der Waals surface area contributed by atoms with E-state index in [1.165, 1.54) is 0 Å². The van der Waals surface area contributed by atoms with Gasteiger partial charge in [-0.3, -0.25) is 4.79 Å². The van der Waals surface area contributed by atoms with E-state index in [-0.39, 0.29) is 23.8 Å². The highest BCUT2D eigenvalue weighted by molar-refractivity contribution is 6.31. The Balaban J connectivity index is 1.53. The number of hydrogen-bond donors (Lipinski definition) is 3. The Morgan fingerprint density at radius 1 is 1.08 bits per heavy atom. The van der Waals surface area contributed by atoms with Gasteiger partial charge in [0.1, 0.15) is 0 Å². The number of nitrogens with one attached hydrogen (secondary N) is 3. The molecule has 2 atom stereocenters. The van der Waals surface area contributed by atoms with E-state index in [1.807, 2.05) is 24.3 Å². The van der Waals surface area contributed by atoms with Crippen LogP contribution in [0.5, 0.6) is 0 Å². The standard InChI is InChI=1S/C20H20ClN3O2/c1-2-11-22-20(26)24-14-9-7-13(8-10-14)23-19(25)17-12-16(17)15-5-3-4-6-18(15)21/h2-10,16-17H,1,11-12H2,(H,23,25)(H2,22,24,26). The van der Waals surface area contributed by atoms with Crippen LogP contribution >= 0.6 is 11.6 Å². The molecule has 0 heterocycles. The Hall–Kier alpha value is -2.79. The fraction of sp³-hybridized carbons (Fsp3) is 0.200. The van der Waals surface area contributed by atoms with Gasteiger partial charge in [-0.2, -0.15) is 0 Å². The van der Waals surface area contributed by atoms with Crippen LogP contribution in [0.2, 0.25) is 5.02 Å². The van der Waals surface area contributed by atoms with Gasteiger partial charge in [0.15, 0.2) is 0 Å². The fourth-order valence-corrected chi connectivity index (χ4v) is 3.09. The fourth-order valence-electron chi connectivity index (χ4n) is 2.82. The monoisotopic (exact) mass is 369 g/mol. The number of urea groups is 1. The average molecular weight is 370 g/mol. The lowest BCUT2D eigenvalue weighted by Crippen LogP contribution is -2.28. The van der Waals surface area contributed by atoms with Gasteiger partial charge in [0, 0.05) is 28.9 Å². The molecule has 0 bridgehead atoms. The summed E-state index contributed by atoms with van der Waals surface area (Å²) in [6, 6.07) is 14.3. The molecule has 134 valence electrons. The van der Waals surface area contributed by atoms with E-state index < -0.39 is 0 Å². The molecule has 0 spiro atoms. The van der Waals surface area contributed by atoms with Crippen LogP contribution in [0.15, 0.2) is 61.2 Å². The first-order valence-electron chi connectivity index (χ1n) is 8.39. The lowest BCUT2D eigenvalue weighted by molar-refractivity contribution is -0.117. The Morgan fingerprint density at radius 3 is 2.38 bits per heavy atom. The van der Waals surface area contributed by atoms with Crippen molar-refractivity contribution < 1.29 is 9.59 Å². The van der Waals surface area contributed by atoms with Crippen LogP contribution in [0.1, 0.15) is 17.9 Å². The largest absolute Gasteiger partial charge is 0.334 e. The molecule has 0 aromatic heterocycles. The van der Waals surface area contributed by atoms with Gasteiger partial charge in [-0.1, -0.05) is 35.9 Å². The van der Waals surface area contributed by atoms with Crippen molar-refractivity contribution in [2.45, 2.75) is 12.3 Å². The molecule has 5 nitrogen and oxygen atoms in total. The number of benzene rings is 2. The van der Waals surface area contributed by atoms with E-state index in [9.17, 15) is 9.59 Å². The molecule has 1 fully saturated rings. The van der Waals surface area contributed by atoms with Gasteiger partial charge in [0.2, 0.25) is 5.91 Å². The molecular weight excluding hydrogens is 350 g/mol. The third-order valence-electron chi connectivity index (χ3n) is 4.25. The predicted molar refractivity (Wildman–Crippen MR) is 105 cm³/mol. The van der Waals surface area contributed by atoms with Crippen molar-refractivity contribution in [3.8, 4) is 0 Å². The Labute approximate surface area is 157 Å². The van der Waals surface area contributed by atoms with Crippen molar-refractivity contribution in [3.05, 3.63) is 71.8 Å². The quantitative estimate of drug-likeness (QED) is 0.661. The molecule has 2 unspecified atom stereocenters. The number of carbonyl (C=O) groups excluding carboxylic acids is 2. The zero-order valence-corrected chi connectivity index (χ0v) is 14.9. The highest BCUT2D eigenvalue weighted by Crippen LogP contribution is 2.49. The molecular formula is C20H20ClN3O2. The van der Waals surface area contributed by atoms with Gasteiger partial charge < -0.3 is 16.0 Å². The topological polar surface area (TPSA) is 70.2 Å². The third kappa shape index (κ3) is 4.43. The lowest BCUT2D eigenvalue weighted by atomic mass is 10.1. The summed E-state index contributed by atoms with van der Waals surface area (Å²) in [7, 11) is 0. The second-order valence-corrected chi connectivity index (χ2v) is 6.57. The molecule has 1 aliphatic carbocycles. The summed E-state index contributed by atoms with van der Waals surface area (Å²) >= 11 is 6.20. The van der Waals surface area contributed by atoms with Crippen LogP contribution in [-0.2, 0) is 4.79 Å². The summed E-state index contributed by atoms with van der Waals surface area (Å²) in [6.45, 7) is 3.93. The van der Waals surface area contributed by atoms with Crippen LogP contribution in [0.4, 0.5) is 16.2 Å². The number of amides is 3. The molecule has 6 heteroatoms. The second kappa shape index (κ2) is 8.06. The zero-order valence-electron chi connectivity index (χ0n) is 14.2. The van der Waals surface area contributed by atoms with E-state index in [1.54, 1.807) is 30.3 Å². The third-order valence-corrected chi connectivity index (χ3v) is 4.59. The predicted octanol–water partition coefficient (Wildman–Crippen LogP) is 4.39. The second-order valence-electron chi connectivity index (χ2n) is 6.16. The normalized spacial score (nSPS) is 17.9. The van der Waals surface area contributed by atoms with Crippen LogP contribution in [0.3, 0.4) is 0 Å². The van der Waals surface area contributed by atoms with Gasteiger partial charge >= 0.3 is 6.03 Å². The average Bonchev–Trinajstić information content (AvgIpc) is 3.43. The first kappa shape index (κ1) is 18.0. The van der Waals surface area contributed by atoms with Gasteiger partial charge in [0.25, 0.3) is 0 Å². The van der Waals surface area contributed by atoms with Crippen molar-refractivity contribution in [2.75, 3.05) is 17.2 Å². The molecule has 1 saturated carbocycles. The number of halogens is 1. The van der Waals surface area contributed by atoms with Crippen LogP contribution in [0.25, 0.3) is 0 Å². The number of rotatable bonds is 6. The maximum Gasteiger partial charge on any atom is 0.319 e. The summed E-state index contributed by atoms with van der Waals surface area (Å²) < 4.78 is 0. The van der Waals surface area contributed by atoms with E-state index in [2.05, 4.69) is 22.5 Å². The molecule has 3 rings (SSSR count). The van der Waals surface area contributed by atoms with Crippen molar-refractivity contribution in [1.29, 1.82) is 0 Å². The van der Waals surface area contributed by atoms with E-state index in [4.69, 9.17) is 11.6 Å². The summed E-state index contributed by atoms with van der Waals surface area (Å²) in [5.74, 6) is 0.106. The minimum absolute atomic E-state index is 0.0145. The van der Waals surface area contributed by atoms with Crippen molar-refractivity contribution >= 4 is 34.9 Å². The minimum Gasteiger partial charge on any atom is -0.334 e. The van der Waals surface area contributed by atoms with Gasteiger partial charge in [-0.15, -0.1) is 6.58 Å². The molecule has 3 N–H and O–H groups in total. The first-order valence-corrected chi connectivity index (χ1v) is 8.77. The Kier molecular flexibility index (Phi) is 5.58. The summed E-state index contributed by atoms with van der Waals surface area (Å²) in [5.41, 5.74) is 2.36. The molecule has 2 aromatic rings. The van der Waals surface area contributed by atoms with Gasteiger partial charge in [-0.25, -0.2) is 4.79 Å². The molecule has 2 aromatic carbocycles. The lowest BCUT2D eigenvalue weighted by Gasteiger charge is -2.08. The highest BCUT2D eigenvalue weighted by atomic mass is 35.5. The molecule has 26 heavy (non-hydrogen) atoms. The molecule has 0 saturated heterocycles. The maximum absolute atomic E-state index is 12.4. The minimum atomic E-state index is -0.303. The highest BCUT2D eigenvalue weighted by Gasteiger charge is 2.44. The van der Waals surface area contributed by atoms with Crippen LogP contribution in [0, 0.1) is 5.92 Å². The number of carbonyl (C=O) groups is 2. The molecule has 3 amide bonds. The Morgan fingerprint density at radius 2 is 1.73 bits per heavy atom. The summed E-state index contributed by atoms with van der Waals surface area (Å²) in [5, 5.41) is 8.95. The van der Waals surface area contributed by atoms with Crippen molar-refractivity contribution in [3.63, 3.8) is 0 Å². The van der Waals surface area contributed by atoms with Crippen LogP contribution < -0.4 is 16.0 Å². The summed E-state index contributed by atoms with van der Waals surface area (Å²) in [4.78, 5) is 24.0. The smallest absolute Gasteiger partial charge is 0.319 e. The first-order chi connectivity index (χ1) is 12.6. The molecule has 1 aliphatic rings. The van der Waals surface area contributed by atoms with E-state index >= 15 is 0 Å². The van der Waals surface area contributed by atoms with Crippen molar-refractivity contribution in [2.24, 2.45) is 5.92 Å². The Bertz CT molecular complexity index is 820. The number of anilines is 2. The molecule has 0 radical (unpaired) electrons. The van der Waals surface area contributed by atoms with Crippen molar-refractivity contribution in [1.82, 2.24) is 5.32 Å². The maximum atomic E-state index is 12.4. The zero-order chi connectivity index (χ0) is 18.5. The molecule has 0 aliphatic heterocycles. The number of hydrogen-bond acceptors (Lipinski definition) is 2. The van der Waals surface area contributed by atoms with Crippen LogP contribution in [-0.4, -0.2) is 18.5 Å². The van der Waals surface area contributed by atoms with E-state index in [0.29, 0.717) is 22.9 Å². The van der Waals surface area contributed by atoms with E-state index in [0.717, 1.165) is 12.0 Å². The van der Waals surface area contributed by atoms with Gasteiger partial charge in [0.05, 0.1) is 0 Å². The SMILES string of the molecule is C=CCNC(=O)Nc1ccc(NC(=O)C2CC2c2ccccc2Cl)cc1. The summed E-state index contributed by atoms with van der Waals surface area (Å²) in [6.07, 6.45) is 2.41.